The van der Waals surface area contributed by atoms with E-state index in [9.17, 15) is 0 Å². The standard InChI is InChI=1S/C17H16O2/c1-11-16-12(6-4-8-14(16)18-2)10-13-7-5-9-15(19-3)17(11)13/h4-10H,1-3H3. The van der Waals surface area contributed by atoms with Gasteiger partial charge in [-0.1, -0.05) is 24.3 Å². The highest BCUT2D eigenvalue weighted by Gasteiger charge is 2.11. The van der Waals surface area contributed by atoms with Crippen molar-refractivity contribution in [3.63, 3.8) is 0 Å². The third-order valence-corrected chi connectivity index (χ3v) is 3.62. The van der Waals surface area contributed by atoms with Gasteiger partial charge in [-0.15, -0.1) is 0 Å². The second-order valence-electron chi connectivity index (χ2n) is 4.62. The first-order valence-electron chi connectivity index (χ1n) is 6.29. The number of hydrogen-bond acceptors (Lipinski definition) is 2. The lowest BCUT2D eigenvalue weighted by atomic mass is 9.96. The van der Waals surface area contributed by atoms with E-state index in [-0.39, 0.29) is 0 Å². The van der Waals surface area contributed by atoms with Gasteiger partial charge in [0.25, 0.3) is 0 Å². The average Bonchev–Trinajstić information content (AvgIpc) is 2.45. The van der Waals surface area contributed by atoms with Crippen molar-refractivity contribution in [2.24, 2.45) is 0 Å². The fourth-order valence-electron chi connectivity index (χ4n) is 2.77. The van der Waals surface area contributed by atoms with E-state index in [1.807, 2.05) is 24.3 Å². The summed E-state index contributed by atoms with van der Waals surface area (Å²) in [6.45, 7) is 2.12. The van der Waals surface area contributed by atoms with Gasteiger partial charge in [-0.05, 0) is 41.5 Å². The van der Waals surface area contributed by atoms with Crippen LogP contribution in [0, 0.1) is 6.92 Å². The molecule has 3 aromatic carbocycles. The van der Waals surface area contributed by atoms with Gasteiger partial charge < -0.3 is 9.47 Å². The van der Waals surface area contributed by atoms with Crippen molar-refractivity contribution < 1.29 is 9.47 Å². The third kappa shape index (κ3) is 1.72. The Morgan fingerprint density at radius 2 is 1.21 bits per heavy atom. The molecule has 0 heterocycles. The Bertz CT molecular complexity index is 698. The van der Waals surface area contributed by atoms with Gasteiger partial charge in [-0.2, -0.15) is 0 Å². The lowest BCUT2D eigenvalue weighted by Crippen LogP contribution is -1.91. The van der Waals surface area contributed by atoms with Crippen LogP contribution < -0.4 is 9.47 Å². The van der Waals surface area contributed by atoms with Crippen molar-refractivity contribution in [1.82, 2.24) is 0 Å². The van der Waals surface area contributed by atoms with E-state index in [2.05, 4.69) is 25.1 Å². The van der Waals surface area contributed by atoms with Crippen LogP contribution in [0.4, 0.5) is 0 Å². The van der Waals surface area contributed by atoms with Gasteiger partial charge in [-0.3, -0.25) is 0 Å². The van der Waals surface area contributed by atoms with Gasteiger partial charge in [0.2, 0.25) is 0 Å². The van der Waals surface area contributed by atoms with E-state index in [1.54, 1.807) is 14.2 Å². The Morgan fingerprint density at radius 3 is 1.63 bits per heavy atom. The van der Waals surface area contributed by atoms with E-state index in [1.165, 1.54) is 16.3 Å². The molecule has 0 radical (unpaired) electrons. The molecule has 0 aliphatic rings. The SMILES string of the molecule is COc1cccc2cc3cccc(OC)c3c(C)c12. The molecule has 0 bridgehead atoms. The molecule has 3 rings (SSSR count). The Balaban J connectivity index is 2.54. The Morgan fingerprint density at radius 1 is 0.737 bits per heavy atom. The Labute approximate surface area is 112 Å². The van der Waals surface area contributed by atoms with E-state index < -0.39 is 0 Å². The largest absolute Gasteiger partial charge is 0.496 e. The van der Waals surface area contributed by atoms with Gasteiger partial charge >= 0.3 is 0 Å². The molecule has 0 aromatic heterocycles. The zero-order chi connectivity index (χ0) is 13.4. The van der Waals surface area contributed by atoms with Gasteiger partial charge in [0, 0.05) is 10.8 Å². The van der Waals surface area contributed by atoms with Crippen molar-refractivity contribution in [2.45, 2.75) is 6.92 Å². The molecule has 0 amide bonds. The highest BCUT2D eigenvalue weighted by Crippen LogP contribution is 2.37. The van der Waals surface area contributed by atoms with Gasteiger partial charge in [0.15, 0.2) is 0 Å². The highest BCUT2D eigenvalue weighted by atomic mass is 16.5. The first-order valence-corrected chi connectivity index (χ1v) is 6.29. The van der Waals surface area contributed by atoms with Crippen LogP contribution in [0.25, 0.3) is 21.5 Å². The predicted octanol–water partition coefficient (Wildman–Crippen LogP) is 4.32. The summed E-state index contributed by atoms with van der Waals surface area (Å²) in [5.41, 5.74) is 1.20. The average molecular weight is 252 g/mol. The second-order valence-corrected chi connectivity index (χ2v) is 4.62. The monoisotopic (exact) mass is 252 g/mol. The summed E-state index contributed by atoms with van der Waals surface area (Å²) in [5, 5.41) is 4.69. The van der Waals surface area contributed by atoms with Crippen LogP contribution in [0.5, 0.6) is 11.5 Å². The topological polar surface area (TPSA) is 18.5 Å². The summed E-state index contributed by atoms with van der Waals surface area (Å²) in [6, 6.07) is 14.4. The fraction of sp³-hybridized carbons (Fsp3) is 0.176. The smallest absolute Gasteiger partial charge is 0.126 e. The summed E-state index contributed by atoms with van der Waals surface area (Å²) in [4.78, 5) is 0. The molecule has 2 heteroatoms. The molecule has 0 atom stereocenters. The van der Waals surface area contributed by atoms with Crippen LogP contribution >= 0.6 is 0 Å². The molecule has 0 fully saturated rings. The number of hydrogen-bond donors (Lipinski definition) is 0. The van der Waals surface area contributed by atoms with Gasteiger partial charge in [0.05, 0.1) is 14.2 Å². The number of ether oxygens (including phenoxy) is 2. The van der Waals surface area contributed by atoms with E-state index in [0.29, 0.717) is 0 Å². The maximum absolute atomic E-state index is 5.49. The zero-order valence-electron chi connectivity index (χ0n) is 11.4. The number of aryl methyl sites for hydroxylation is 1. The van der Waals surface area contributed by atoms with Crippen LogP contribution in [0.2, 0.25) is 0 Å². The van der Waals surface area contributed by atoms with E-state index in [4.69, 9.17) is 9.47 Å². The number of benzene rings is 3. The van der Waals surface area contributed by atoms with Gasteiger partial charge in [-0.25, -0.2) is 0 Å². The van der Waals surface area contributed by atoms with E-state index >= 15 is 0 Å². The number of methoxy groups -OCH3 is 2. The predicted molar refractivity (Wildman–Crippen MR) is 79.3 cm³/mol. The maximum atomic E-state index is 5.49. The van der Waals surface area contributed by atoms with Crippen molar-refractivity contribution in [3.8, 4) is 11.5 Å². The molecule has 0 aliphatic carbocycles. The highest BCUT2D eigenvalue weighted by molar-refractivity contribution is 6.06. The molecule has 19 heavy (non-hydrogen) atoms. The van der Waals surface area contributed by atoms with Crippen molar-refractivity contribution >= 4 is 21.5 Å². The van der Waals surface area contributed by atoms with E-state index in [0.717, 1.165) is 22.3 Å². The third-order valence-electron chi connectivity index (χ3n) is 3.62. The summed E-state index contributed by atoms with van der Waals surface area (Å²) >= 11 is 0. The molecular weight excluding hydrogens is 236 g/mol. The quantitative estimate of drug-likeness (QED) is 0.632. The van der Waals surface area contributed by atoms with Crippen LogP contribution in [-0.4, -0.2) is 14.2 Å². The summed E-state index contributed by atoms with van der Waals surface area (Å²) in [6.07, 6.45) is 0. The van der Waals surface area contributed by atoms with Crippen LogP contribution in [-0.2, 0) is 0 Å². The first kappa shape index (κ1) is 11.8. The summed E-state index contributed by atoms with van der Waals surface area (Å²) in [5.74, 6) is 1.81. The normalized spacial score (nSPS) is 10.9. The Kier molecular flexibility index (Phi) is 2.79. The molecule has 96 valence electrons. The van der Waals surface area contributed by atoms with Crippen molar-refractivity contribution in [2.75, 3.05) is 14.2 Å². The second kappa shape index (κ2) is 4.47. The van der Waals surface area contributed by atoms with Crippen LogP contribution in [0.15, 0.2) is 42.5 Å². The Hall–Kier alpha value is -2.22. The van der Waals surface area contributed by atoms with Gasteiger partial charge in [0.1, 0.15) is 11.5 Å². The molecule has 0 spiro atoms. The molecule has 0 saturated carbocycles. The number of fused-ring (bicyclic) bond motifs is 2. The maximum Gasteiger partial charge on any atom is 0.126 e. The molecule has 3 aromatic rings. The first-order chi connectivity index (χ1) is 9.26. The van der Waals surface area contributed by atoms with Crippen molar-refractivity contribution in [3.05, 3.63) is 48.0 Å². The molecule has 0 N–H and O–H groups in total. The van der Waals surface area contributed by atoms with Crippen molar-refractivity contribution in [1.29, 1.82) is 0 Å². The molecule has 0 aliphatic heterocycles. The lowest BCUT2D eigenvalue weighted by molar-refractivity contribution is 0.418. The molecule has 0 unspecified atom stereocenters. The molecular formula is C17H16O2. The minimum absolute atomic E-state index is 0.905. The minimum atomic E-state index is 0.905. The molecule has 2 nitrogen and oxygen atoms in total. The molecule has 0 saturated heterocycles. The summed E-state index contributed by atoms with van der Waals surface area (Å²) in [7, 11) is 3.42. The number of rotatable bonds is 2. The van der Waals surface area contributed by atoms with Crippen LogP contribution in [0.3, 0.4) is 0 Å². The lowest BCUT2D eigenvalue weighted by Gasteiger charge is -2.13. The fourth-order valence-corrected chi connectivity index (χ4v) is 2.77. The van der Waals surface area contributed by atoms with Crippen LogP contribution in [0.1, 0.15) is 5.56 Å². The minimum Gasteiger partial charge on any atom is -0.496 e. The summed E-state index contributed by atoms with van der Waals surface area (Å²) < 4.78 is 11.0. The zero-order valence-corrected chi connectivity index (χ0v) is 11.4.